The Labute approximate surface area is 123 Å². The Morgan fingerprint density at radius 1 is 1.41 bits per heavy atom. The third kappa shape index (κ3) is 2.41. The van der Waals surface area contributed by atoms with Gasteiger partial charge in [0.2, 0.25) is 0 Å². The smallest absolute Gasteiger partial charge is 0.311 e. The summed E-state index contributed by atoms with van der Waals surface area (Å²) in [4.78, 5) is 26.3. The number of carbonyl (C=O) groups excluding carboxylic acids is 1. The van der Waals surface area contributed by atoms with E-state index in [1.807, 2.05) is 45.2 Å². The molecule has 0 aromatic carbocycles. The van der Waals surface area contributed by atoms with Gasteiger partial charge in [-0.1, -0.05) is 0 Å². The van der Waals surface area contributed by atoms with Gasteiger partial charge in [-0.2, -0.15) is 5.10 Å². The van der Waals surface area contributed by atoms with E-state index in [4.69, 9.17) is 5.11 Å². The standard InChI is InChI=1S/C9H5I2N3O3/c10-6-7(4(15)3-5(16)17)13-14-2-1-12-9(11)8(6)14/h1-2H,3H2,(H,16,17). The molecule has 2 rings (SSSR count). The molecule has 0 amide bonds. The first-order valence-electron chi connectivity index (χ1n) is 4.44. The number of carboxylic acid groups (broad SMARTS) is 1. The van der Waals surface area contributed by atoms with Gasteiger partial charge in [0.1, 0.15) is 21.3 Å². The summed E-state index contributed by atoms with van der Waals surface area (Å²) in [5.74, 6) is -1.66. The number of aliphatic carboxylic acids is 1. The van der Waals surface area contributed by atoms with Crippen molar-refractivity contribution in [2.45, 2.75) is 6.42 Å². The molecule has 6 nitrogen and oxygen atoms in total. The fourth-order valence-corrected chi connectivity index (χ4v) is 3.43. The van der Waals surface area contributed by atoms with Crippen LogP contribution in [0.4, 0.5) is 0 Å². The number of hydrogen-bond acceptors (Lipinski definition) is 4. The lowest BCUT2D eigenvalue weighted by Gasteiger charge is -1.94. The van der Waals surface area contributed by atoms with Crippen molar-refractivity contribution >= 4 is 62.5 Å². The first-order chi connectivity index (χ1) is 8.00. The Hall–Kier alpha value is -0.780. The summed E-state index contributed by atoms with van der Waals surface area (Å²) in [5, 5.41) is 12.7. The van der Waals surface area contributed by atoms with E-state index in [0.717, 1.165) is 9.22 Å². The summed E-state index contributed by atoms with van der Waals surface area (Å²) >= 11 is 4.02. The fraction of sp³-hybridized carbons (Fsp3) is 0.111. The SMILES string of the molecule is O=C(O)CC(=O)c1nn2ccnc(I)c2c1I. The van der Waals surface area contributed by atoms with Crippen LogP contribution in [0.3, 0.4) is 0 Å². The van der Waals surface area contributed by atoms with Gasteiger partial charge in [-0.3, -0.25) is 9.59 Å². The van der Waals surface area contributed by atoms with E-state index in [-0.39, 0.29) is 5.69 Å². The van der Waals surface area contributed by atoms with Crippen LogP contribution in [-0.2, 0) is 4.79 Å². The Kier molecular flexibility index (Phi) is 3.61. The minimum Gasteiger partial charge on any atom is -0.481 e. The molecule has 0 saturated heterocycles. The molecule has 0 aliphatic rings. The van der Waals surface area contributed by atoms with E-state index in [9.17, 15) is 9.59 Å². The molecule has 0 aliphatic carbocycles. The van der Waals surface area contributed by atoms with Crippen molar-refractivity contribution in [3.05, 3.63) is 25.4 Å². The van der Waals surface area contributed by atoms with Gasteiger partial charge < -0.3 is 5.11 Å². The van der Waals surface area contributed by atoms with E-state index in [0.29, 0.717) is 3.57 Å². The molecule has 8 heteroatoms. The van der Waals surface area contributed by atoms with Crippen molar-refractivity contribution in [3.8, 4) is 0 Å². The van der Waals surface area contributed by atoms with Crippen molar-refractivity contribution < 1.29 is 14.7 Å². The quantitative estimate of drug-likeness (QED) is 0.431. The molecule has 2 heterocycles. The number of halogens is 2. The van der Waals surface area contributed by atoms with Gasteiger partial charge >= 0.3 is 5.97 Å². The molecule has 0 radical (unpaired) electrons. The molecule has 17 heavy (non-hydrogen) atoms. The largest absolute Gasteiger partial charge is 0.481 e. The molecule has 1 N–H and O–H groups in total. The third-order valence-electron chi connectivity index (χ3n) is 2.02. The highest BCUT2D eigenvalue weighted by atomic mass is 127. The minimum absolute atomic E-state index is 0.180. The van der Waals surface area contributed by atoms with Crippen molar-refractivity contribution in [2.75, 3.05) is 0 Å². The highest BCUT2D eigenvalue weighted by molar-refractivity contribution is 14.1. The zero-order chi connectivity index (χ0) is 12.6. The lowest BCUT2D eigenvalue weighted by atomic mass is 10.2. The Balaban J connectivity index is 2.57. The lowest BCUT2D eigenvalue weighted by molar-refractivity contribution is -0.135. The predicted octanol–water partition coefficient (Wildman–Crippen LogP) is 1.60. The predicted molar refractivity (Wildman–Crippen MR) is 75.0 cm³/mol. The molecule has 0 unspecified atom stereocenters. The van der Waals surface area contributed by atoms with E-state index in [1.54, 1.807) is 12.4 Å². The number of hydrogen-bond donors (Lipinski definition) is 1. The molecule has 0 spiro atoms. The molecule has 0 fully saturated rings. The lowest BCUT2D eigenvalue weighted by Crippen LogP contribution is -2.08. The minimum atomic E-state index is -1.16. The summed E-state index contributed by atoms with van der Waals surface area (Å²) in [5.41, 5.74) is 0.904. The fourth-order valence-electron chi connectivity index (χ4n) is 1.33. The van der Waals surface area contributed by atoms with Gasteiger partial charge in [-0.15, -0.1) is 0 Å². The van der Waals surface area contributed by atoms with E-state index < -0.39 is 18.2 Å². The number of aromatic nitrogens is 3. The number of nitrogens with zero attached hydrogens (tertiary/aromatic N) is 3. The highest BCUT2D eigenvalue weighted by Gasteiger charge is 2.21. The number of Topliss-reactive ketones (excluding diaryl/α,β-unsaturated/α-hetero) is 1. The zero-order valence-electron chi connectivity index (χ0n) is 8.22. The van der Waals surface area contributed by atoms with Crippen molar-refractivity contribution in [1.29, 1.82) is 0 Å². The topological polar surface area (TPSA) is 84.6 Å². The first kappa shape index (κ1) is 12.7. The molecule has 2 aromatic rings. The van der Waals surface area contributed by atoms with E-state index >= 15 is 0 Å². The summed E-state index contributed by atoms with van der Waals surface area (Å²) in [7, 11) is 0. The van der Waals surface area contributed by atoms with Crippen molar-refractivity contribution in [2.24, 2.45) is 0 Å². The van der Waals surface area contributed by atoms with Crippen LogP contribution in [0, 0.1) is 7.27 Å². The highest BCUT2D eigenvalue weighted by Crippen LogP contribution is 2.22. The number of ketones is 1. The van der Waals surface area contributed by atoms with Crippen LogP contribution >= 0.6 is 45.2 Å². The number of rotatable bonds is 3. The molecule has 2 aromatic heterocycles. The van der Waals surface area contributed by atoms with Crippen LogP contribution in [0.15, 0.2) is 12.4 Å². The van der Waals surface area contributed by atoms with E-state index in [1.165, 1.54) is 4.52 Å². The number of fused-ring (bicyclic) bond motifs is 1. The van der Waals surface area contributed by atoms with Crippen molar-refractivity contribution in [1.82, 2.24) is 14.6 Å². The maximum absolute atomic E-state index is 11.7. The van der Waals surface area contributed by atoms with Gasteiger partial charge in [0.15, 0.2) is 5.78 Å². The van der Waals surface area contributed by atoms with Gasteiger partial charge in [0, 0.05) is 12.4 Å². The summed E-state index contributed by atoms with van der Waals surface area (Å²) < 4.78 is 2.88. The second-order valence-electron chi connectivity index (χ2n) is 3.17. The average molecular weight is 457 g/mol. The molecule has 0 bridgehead atoms. The van der Waals surface area contributed by atoms with E-state index in [2.05, 4.69) is 10.1 Å². The van der Waals surface area contributed by atoms with Crippen LogP contribution in [-0.4, -0.2) is 31.5 Å². The molecule has 0 saturated carbocycles. The summed E-state index contributed by atoms with van der Waals surface area (Å²) in [6.45, 7) is 0. The number of carboxylic acids is 1. The van der Waals surface area contributed by atoms with Gasteiger partial charge in [-0.25, -0.2) is 9.50 Å². The van der Waals surface area contributed by atoms with Crippen molar-refractivity contribution in [3.63, 3.8) is 0 Å². The Bertz CT molecular complexity index is 623. The van der Waals surface area contributed by atoms with Crippen LogP contribution in [0.25, 0.3) is 5.52 Å². The monoisotopic (exact) mass is 457 g/mol. The summed E-state index contributed by atoms with van der Waals surface area (Å²) in [6, 6.07) is 0. The zero-order valence-corrected chi connectivity index (χ0v) is 12.5. The molecular weight excluding hydrogens is 452 g/mol. The normalized spacial score (nSPS) is 10.7. The van der Waals surface area contributed by atoms with Crippen LogP contribution in [0.1, 0.15) is 16.9 Å². The Morgan fingerprint density at radius 3 is 2.71 bits per heavy atom. The molecule has 0 aliphatic heterocycles. The number of carbonyl (C=O) groups is 2. The van der Waals surface area contributed by atoms with Crippen LogP contribution < -0.4 is 0 Å². The molecular formula is C9H5I2N3O3. The second kappa shape index (κ2) is 4.84. The Morgan fingerprint density at radius 2 is 2.12 bits per heavy atom. The van der Waals surface area contributed by atoms with Gasteiger partial charge in [0.25, 0.3) is 0 Å². The average Bonchev–Trinajstić information content (AvgIpc) is 2.56. The second-order valence-corrected chi connectivity index (χ2v) is 5.27. The first-order valence-corrected chi connectivity index (χ1v) is 6.59. The van der Waals surface area contributed by atoms with Gasteiger partial charge in [0.05, 0.1) is 3.57 Å². The third-order valence-corrected chi connectivity index (χ3v) is 3.83. The molecule has 0 atom stereocenters. The van der Waals surface area contributed by atoms with Crippen LogP contribution in [0.2, 0.25) is 0 Å². The van der Waals surface area contributed by atoms with Gasteiger partial charge in [-0.05, 0) is 45.2 Å². The maximum atomic E-state index is 11.7. The maximum Gasteiger partial charge on any atom is 0.311 e. The molecule has 88 valence electrons. The van der Waals surface area contributed by atoms with Crippen LogP contribution in [0.5, 0.6) is 0 Å². The summed E-state index contributed by atoms with van der Waals surface area (Å²) in [6.07, 6.45) is 2.64.